The van der Waals surface area contributed by atoms with Crippen molar-refractivity contribution in [3.05, 3.63) is 29.3 Å². The third-order valence-corrected chi connectivity index (χ3v) is 5.04. The topological polar surface area (TPSA) is 119 Å². The SMILES string of the molecule is Cl.NCCCCCCCOc1cccc2c1C(=O)N(C1CCC(=O)NC1=O)C2=O. The van der Waals surface area contributed by atoms with Crippen LogP contribution in [0.1, 0.15) is 65.7 Å². The number of nitrogens with two attached hydrogens (primary N) is 1. The molecule has 1 aromatic rings. The van der Waals surface area contributed by atoms with Crippen molar-refractivity contribution in [3.8, 4) is 5.75 Å². The fourth-order valence-corrected chi connectivity index (χ4v) is 3.56. The molecule has 0 saturated carbocycles. The number of hydrogen-bond donors (Lipinski definition) is 2. The van der Waals surface area contributed by atoms with E-state index in [2.05, 4.69) is 5.32 Å². The molecule has 2 aliphatic heterocycles. The van der Waals surface area contributed by atoms with Crippen molar-refractivity contribution in [1.29, 1.82) is 0 Å². The van der Waals surface area contributed by atoms with Crippen molar-refractivity contribution in [2.24, 2.45) is 5.73 Å². The Balaban J connectivity index is 0.00000300. The van der Waals surface area contributed by atoms with Crippen LogP contribution in [0, 0.1) is 0 Å². The van der Waals surface area contributed by atoms with Crippen molar-refractivity contribution >= 4 is 36.0 Å². The lowest BCUT2D eigenvalue weighted by molar-refractivity contribution is -0.136. The predicted molar refractivity (Wildman–Crippen MR) is 108 cm³/mol. The van der Waals surface area contributed by atoms with Crippen LogP contribution >= 0.6 is 12.4 Å². The Morgan fingerprint density at radius 2 is 1.76 bits per heavy atom. The van der Waals surface area contributed by atoms with E-state index in [0.29, 0.717) is 18.9 Å². The molecule has 2 aliphatic rings. The second-order valence-electron chi connectivity index (χ2n) is 7.03. The summed E-state index contributed by atoms with van der Waals surface area (Å²) in [6.45, 7) is 1.14. The number of carbonyl (C=O) groups excluding carboxylic acids is 4. The van der Waals surface area contributed by atoms with Gasteiger partial charge >= 0.3 is 0 Å². The number of fused-ring (bicyclic) bond motifs is 1. The minimum atomic E-state index is -0.972. The monoisotopic (exact) mass is 423 g/mol. The molecule has 0 aliphatic carbocycles. The Labute approximate surface area is 175 Å². The van der Waals surface area contributed by atoms with E-state index in [1.807, 2.05) is 0 Å². The van der Waals surface area contributed by atoms with Crippen molar-refractivity contribution in [2.75, 3.05) is 13.2 Å². The Bertz CT molecular complexity index is 798. The first-order valence-corrected chi connectivity index (χ1v) is 9.72. The zero-order chi connectivity index (χ0) is 20.1. The highest BCUT2D eigenvalue weighted by Crippen LogP contribution is 2.33. The van der Waals surface area contributed by atoms with Crippen LogP contribution in [0.25, 0.3) is 0 Å². The lowest BCUT2D eigenvalue weighted by Crippen LogP contribution is -2.54. The molecule has 0 bridgehead atoms. The van der Waals surface area contributed by atoms with Gasteiger partial charge < -0.3 is 10.5 Å². The van der Waals surface area contributed by atoms with Crippen molar-refractivity contribution < 1.29 is 23.9 Å². The Hall–Kier alpha value is -2.45. The van der Waals surface area contributed by atoms with E-state index in [4.69, 9.17) is 10.5 Å². The molecular formula is C20H26ClN3O5. The molecule has 1 unspecified atom stereocenters. The summed E-state index contributed by atoms with van der Waals surface area (Å²) in [5.41, 5.74) is 5.90. The quantitative estimate of drug-likeness (QED) is 0.461. The summed E-state index contributed by atoms with van der Waals surface area (Å²) < 4.78 is 5.77. The van der Waals surface area contributed by atoms with E-state index < -0.39 is 29.7 Å². The van der Waals surface area contributed by atoms with Gasteiger partial charge in [0.25, 0.3) is 11.8 Å². The zero-order valence-electron chi connectivity index (χ0n) is 16.1. The summed E-state index contributed by atoms with van der Waals surface area (Å²) in [4.78, 5) is 50.1. The molecule has 1 atom stereocenters. The number of ether oxygens (including phenoxy) is 1. The molecule has 0 spiro atoms. The van der Waals surface area contributed by atoms with Crippen LogP contribution in [0.5, 0.6) is 5.75 Å². The zero-order valence-corrected chi connectivity index (χ0v) is 17.0. The number of imide groups is 2. The van der Waals surface area contributed by atoms with E-state index in [1.54, 1.807) is 18.2 Å². The molecule has 1 saturated heterocycles. The minimum Gasteiger partial charge on any atom is -0.493 e. The number of amides is 4. The maximum atomic E-state index is 12.9. The van der Waals surface area contributed by atoms with Crippen LogP contribution in [-0.4, -0.2) is 47.7 Å². The van der Waals surface area contributed by atoms with E-state index in [0.717, 1.165) is 37.0 Å². The van der Waals surface area contributed by atoms with Gasteiger partial charge in [-0.3, -0.25) is 29.4 Å². The molecule has 29 heavy (non-hydrogen) atoms. The lowest BCUT2D eigenvalue weighted by atomic mass is 10.0. The molecule has 4 amide bonds. The molecule has 158 valence electrons. The van der Waals surface area contributed by atoms with Crippen LogP contribution < -0.4 is 15.8 Å². The highest BCUT2D eigenvalue weighted by atomic mass is 35.5. The first-order chi connectivity index (χ1) is 13.5. The molecule has 3 rings (SSSR count). The second kappa shape index (κ2) is 10.4. The smallest absolute Gasteiger partial charge is 0.266 e. The number of nitrogens with zero attached hydrogens (tertiary/aromatic N) is 1. The number of unbranched alkanes of at least 4 members (excludes halogenated alkanes) is 4. The average molecular weight is 424 g/mol. The molecule has 0 radical (unpaired) electrons. The fraction of sp³-hybridized carbons (Fsp3) is 0.500. The number of nitrogens with one attached hydrogen (secondary N) is 1. The number of piperidine rings is 1. The predicted octanol–water partition coefficient (Wildman–Crippen LogP) is 1.80. The average Bonchev–Trinajstić information content (AvgIpc) is 2.93. The van der Waals surface area contributed by atoms with Crippen molar-refractivity contribution in [2.45, 2.75) is 51.0 Å². The molecule has 8 nitrogen and oxygen atoms in total. The largest absolute Gasteiger partial charge is 0.493 e. The van der Waals surface area contributed by atoms with E-state index in [9.17, 15) is 19.2 Å². The van der Waals surface area contributed by atoms with Crippen LogP contribution in [-0.2, 0) is 9.59 Å². The highest BCUT2D eigenvalue weighted by molar-refractivity contribution is 6.24. The Morgan fingerprint density at radius 1 is 1.03 bits per heavy atom. The van der Waals surface area contributed by atoms with Crippen molar-refractivity contribution in [3.63, 3.8) is 0 Å². The van der Waals surface area contributed by atoms with Gasteiger partial charge in [0.2, 0.25) is 11.8 Å². The molecule has 1 aromatic carbocycles. The van der Waals surface area contributed by atoms with Gasteiger partial charge in [0, 0.05) is 6.42 Å². The van der Waals surface area contributed by atoms with Gasteiger partial charge in [0.05, 0.1) is 17.7 Å². The van der Waals surface area contributed by atoms with E-state index in [1.165, 1.54) is 0 Å². The standard InChI is InChI=1S/C20H25N3O5.ClH/c21-11-4-2-1-3-5-12-28-15-8-6-7-13-17(15)20(27)23(19(13)26)14-9-10-16(24)22-18(14)25;/h6-8,14H,1-5,9-12,21H2,(H,22,24,25);1H. The molecule has 3 N–H and O–H groups in total. The van der Waals surface area contributed by atoms with Gasteiger partial charge in [-0.2, -0.15) is 0 Å². The van der Waals surface area contributed by atoms with Crippen LogP contribution in [0.2, 0.25) is 0 Å². The number of carbonyl (C=O) groups is 4. The third kappa shape index (κ3) is 4.94. The summed E-state index contributed by atoms with van der Waals surface area (Å²) in [6, 6.07) is 3.91. The summed E-state index contributed by atoms with van der Waals surface area (Å²) in [7, 11) is 0. The summed E-state index contributed by atoms with van der Waals surface area (Å²) in [5, 5.41) is 2.19. The van der Waals surface area contributed by atoms with Crippen LogP contribution in [0.4, 0.5) is 0 Å². The lowest BCUT2D eigenvalue weighted by Gasteiger charge is -2.27. The molecule has 2 heterocycles. The Kier molecular flexibility index (Phi) is 8.16. The van der Waals surface area contributed by atoms with Gasteiger partial charge in [-0.25, -0.2) is 0 Å². The highest BCUT2D eigenvalue weighted by Gasteiger charge is 2.45. The number of halogens is 1. The molecule has 9 heteroatoms. The van der Waals surface area contributed by atoms with Gasteiger partial charge in [-0.15, -0.1) is 12.4 Å². The first kappa shape index (κ1) is 22.8. The minimum absolute atomic E-state index is 0. The van der Waals surface area contributed by atoms with Gasteiger partial charge in [-0.05, 0) is 37.9 Å². The summed E-state index contributed by atoms with van der Waals surface area (Å²) in [6.07, 6.45) is 5.25. The van der Waals surface area contributed by atoms with Crippen LogP contribution in [0.15, 0.2) is 18.2 Å². The third-order valence-electron chi connectivity index (χ3n) is 5.04. The van der Waals surface area contributed by atoms with E-state index >= 15 is 0 Å². The summed E-state index contributed by atoms with van der Waals surface area (Å²) in [5.74, 6) is -1.73. The fourth-order valence-electron chi connectivity index (χ4n) is 3.56. The van der Waals surface area contributed by atoms with Gasteiger partial charge in [0.15, 0.2) is 0 Å². The van der Waals surface area contributed by atoms with E-state index in [-0.39, 0.29) is 36.4 Å². The normalized spacial score (nSPS) is 18.4. The first-order valence-electron chi connectivity index (χ1n) is 9.72. The second-order valence-corrected chi connectivity index (χ2v) is 7.03. The number of rotatable bonds is 9. The van der Waals surface area contributed by atoms with Crippen LogP contribution in [0.3, 0.4) is 0 Å². The summed E-state index contributed by atoms with van der Waals surface area (Å²) >= 11 is 0. The maximum absolute atomic E-state index is 12.9. The maximum Gasteiger partial charge on any atom is 0.266 e. The van der Waals surface area contributed by atoms with Crippen molar-refractivity contribution in [1.82, 2.24) is 10.2 Å². The van der Waals surface area contributed by atoms with Gasteiger partial charge in [-0.1, -0.05) is 25.3 Å². The van der Waals surface area contributed by atoms with Gasteiger partial charge in [0.1, 0.15) is 11.8 Å². The Morgan fingerprint density at radius 3 is 2.48 bits per heavy atom. The molecular weight excluding hydrogens is 398 g/mol. The number of benzene rings is 1. The molecule has 0 aromatic heterocycles. The number of hydrogen-bond acceptors (Lipinski definition) is 6. The molecule has 1 fully saturated rings.